The van der Waals surface area contributed by atoms with Crippen LogP contribution < -0.4 is 4.74 Å². The lowest BCUT2D eigenvalue weighted by Crippen LogP contribution is -2.33. The number of hydrogen-bond donors (Lipinski definition) is 0. The molecule has 2 aliphatic rings. The molecule has 6 nitrogen and oxygen atoms in total. The lowest BCUT2D eigenvalue weighted by Gasteiger charge is -2.20. The zero-order valence-corrected chi connectivity index (χ0v) is 18.8. The second-order valence-electron chi connectivity index (χ2n) is 8.72. The van der Waals surface area contributed by atoms with Crippen molar-refractivity contribution in [2.24, 2.45) is 11.8 Å². The number of likely N-dealkylation sites (tertiary alicyclic amines) is 1. The molecule has 7 heteroatoms. The van der Waals surface area contributed by atoms with E-state index in [0.717, 1.165) is 5.56 Å². The molecule has 2 heterocycles. The number of piperidine rings is 1. The number of nitrogens with zero attached hydrogens (tertiary/aromatic N) is 2. The highest BCUT2D eigenvalue weighted by Crippen LogP contribution is 2.48. The Morgan fingerprint density at radius 2 is 1.74 bits per heavy atom. The summed E-state index contributed by atoms with van der Waals surface area (Å²) in [5, 5.41) is 0. The van der Waals surface area contributed by atoms with Crippen molar-refractivity contribution in [3.8, 4) is 17.1 Å². The van der Waals surface area contributed by atoms with Gasteiger partial charge in [0.15, 0.2) is 5.78 Å². The maximum absolute atomic E-state index is 13.3. The van der Waals surface area contributed by atoms with Crippen LogP contribution in [0, 0.1) is 17.7 Å². The molecule has 1 aliphatic heterocycles. The summed E-state index contributed by atoms with van der Waals surface area (Å²) in [7, 11) is 0. The number of rotatable bonds is 7. The van der Waals surface area contributed by atoms with E-state index in [1.54, 1.807) is 36.1 Å². The minimum atomic E-state index is -0.335. The van der Waals surface area contributed by atoms with Crippen molar-refractivity contribution in [2.45, 2.75) is 26.1 Å². The van der Waals surface area contributed by atoms with Gasteiger partial charge in [-0.3, -0.25) is 4.79 Å². The molecule has 1 amide bonds. The Morgan fingerprint density at radius 1 is 1.03 bits per heavy atom. The summed E-state index contributed by atoms with van der Waals surface area (Å²) in [5.41, 5.74) is 2.74. The minimum absolute atomic E-state index is 0.0149. The number of benzene rings is 2. The molecule has 1 saturated carbocycles. The Bertz CT molecular complexity index is 1190. The van der Waals surface area contributed by atoms with Gasteiger partial charge in [-0.2, -0.15) is 0 Å². The van der Waals surface area contributed by atoms with Crippen molar-refractivity contribution in [1.29, 1.82) is 0 Å². The van der Waals surface area contributed by atoms with Crippen LogP contribution in [0.15, 0.2) is 66.7 Å². The van der Waals surface area contributed by atoms with E-state index in [1.165, 1.54) is 12.1 Å². The van der Waals surface area contributed by atoms with Crippen LogP contribution >= 0.6 is 0 Å². The molecule has 2 fully saturated rings. The van der Waals surface area contributed by atoms with Crippen LogP contribution in [-0.4, -0.2) is 41.0 Å². The molecule has 3 atom stereocenters. The van der Waals surface area contributed by atoms with Gasteiger partial charge in [0, 0.05) is 48.5 Å². The Morgan fingerprint density at radius 3 is 2.41 bits per heavy atom. The van der Waals surface area contributed by atoms with Gasteiger partial charge in [-0.25, -0.2) is 14.2 Å². The number of hydrogen-bond acceptors (Lipinski definition) is 5. The van der Waals surface area contributed by atoms with E-state index in [-0.39, 0.29) is 42.2 Å². The Kier molecular flexibility index (Phi) is 6.01. The highest BCUT2D eigenvalue weighted by Gasteiger charge is 2.59. The smallest absolute Gasteiger partial charge is 0.410 e. The summed E-state index contributed by atoms with van der Waals surface area (Å²) in [5.74, 6) is 0.450. The number of pyridine rings is 1. The molecule has 0 N–H and O–H groups in total. The summed E-state index contributed by atoms with van der Waals surface area (Å²) in [6.07, 6.45) is -0.0121. The maximum atomic E-state index is 13.3. The fourth-order valence-electron chi connectivity index (χ4n) is 4.45. The first kappa shape index (κ1) is 22.1. The first-order valence-electron chi connectivity index (χ1n) is 11.5. The Balaban J connectivity index is 1.23. The van der Waals surface area contributed by atoms with Crippen LogP contribution in [0.1, 0.15) is 29.3 Å². The molecule has 0 spiro atoms. The van der Waals surface area contributed by atoms with Crippen LogP contribution in [0.5, 0.6) is 5.88 Å². The molecule has 174 valence electrons. The number of aromatic nitrogens is 1. The number of carbonyl (C=O) groups excluding carboxylic acids is 2. The van der Waals surface area contributed by atoms with Crippen molar-refractivity contribution in [1.82, 2.24) is 9.88 Å². The van der Waals surface area contributed by atoms with Gasteiger partial charge in [0.1, 0.15) is 18.5 Å². The van der Waals surface area contributed by atoms with E-state index in [2.05, 4.69) is 4.98 Å². The summed E-state index contributed by atoms with van der Waals surface area (Å²) in [6.45, 7) is 3.19. The van der Waals surface area contributed by atoms with Crippen LogP contribution in [0.3, 0.4) is 0 Å². The van der Waals surface area contributed by atoms with Gasteiger partial charge in [-0.1, -0.05) is 37.3 Å². The normalized spacial score (nSPS) is 20.5. The minimum Gasteiger partial charge on any atom is -0.474 e. The predicted molar refractivity (Wildman–Crippen MR) is 124 cm³/mol. The van der Waals surface area contributed by atoms with Crippen LogP contribution in [-0.2, 0) is 11.3 Å². The van der Waals surface area contributed by atoms with E-state index in [4.69, 9.17) is 9.47 Å². The van der Waals surface area contributed by atoms with E-state index < -0.39 is 0 Å². The third-order valence-electron chi connectivity index (χ3n) is 6.42. The van der Waals surface area contributed by atoms with Crippen molar-refractivity contribution in [2.75, 3.05) is 13.1 Å². The van der Waals surface area contributed by atoms with Crippen LogP contribution in [0.2, 0.25) is 0 Å². The van der Waals surface area contributed by atoms with E-state index >= 15 is 0 Å². The van der Waals surface area contributed by atoms with Crippen molar-refractivity contribution in [3.05, 3.63) is 83.7 Å². The van der Waals surface area contributed by atoms with Gasteiger partial charge in [0.05, 0.1) is 5.69 Å². The number of fused-ring (bicyclic) bond motifs is 1. The monoisotopic (exact) mass is 460 g/mol. The molecule has 3 aromatic rings. The first-order valence-corrected chi connectivity index (χ1v) is 11.5. The van der Waals surface area contributed by atoms with Crippen LogP contribution in [0.4, 0.5) is 9.18 Å². The highest BCUT2D eigenvalue weighted by atomic mass is 19.1. The topological polar surface area (TPSA) is 68.7 Å². The second kappa shape index (κ2) is 9.25. The number of Topliss-reactive ketones (excluding diaryl/α,β-unsaturated/α-hetero) is 1. The van der Waals surface area contributed by atoms with E-state index in [9.17, 15) is 14.0 Å². The number of ketones is 1. The Labute approximate surface area is 197 Å². The number of carbonyl (C=O) groups is 2. The standard InChI is InChI=1S/C27H25FN2O4/c1-2-24(31)19-12-23(18-8-10-20(28)11-9-18)29-25(13-19)34-26-21-14-30(15-22(21)26)27(32)33-16-17-6-4-3-5-7-17/h3-13,21-22,26H,2,14-16H2,1H3/t21-,22+,26?. The lowest BCUT2D eigenvalue weighted by atomic mass is 10.1. The number of halogens is 1. The molecule has 1 saturated heterocycles. The zero-order valence-electron chi connectivity index (χ0n) is 18.8. The molecule has 1 aromatic heterocycles. The molecule has 2 aromatic carbocycles. The number of amides is 1. The van der Waals surface area contributed by atoms with Gasteiger partial charge >= 0.3 is 6.09 Å². The predicted octanol–water partition coefficient (Wildman–Crippen LogP) is 5.13. The molecular weight excluding hydrogens is 435 g/mol. The molecule has 5 rings (SSSR count). The maximum Gasteiger partial charge on any atom is 0.410 e. The molecule has 1 aliphatic carbocycles. The van der Waals surface area contributed by atoms with Crippen molar-refractivity contribution < 1.29 is 23.5 Å². The first-order chi connectivity index (χ1) is 16.5. The largest absolute Gasteiger partial charge is 0.474 e. The summed E-state index contributed by atoms with van der Waals surface area (Å²) < 4.78 is 24.9. The molecular formula is C27H25FN2O4. The van der Waals surface area contributed by atoms with Gasteiger partial charge in [0.2, 0.25) is 5.88 Å². The Hall–Kier alpha value is -3.74. The second-order valence-corrected chi connectivity index (χ2v) is 8.72. The average molecular weight is 461 g/mol. The van der Waals surface area contributed by atoms with Gasteiger partial charge < -0.3 is 14.4 Å². The van der Waals surface area contributed by atoms with Gasteiger partial charge in [0.25, 0.3) is 0 Å². The number of ether oxygens (including phenoxy) is 2. The molecule has 0 bridgehead atoms. The third-order valence-corrected chi connectivity index (χ3v) is 6.42. The quantitative estimate of drug-likeness (QED) is 0.458. The molecule has 1 unspecified atom stereocenters. The average Bonchev–Trinajstić information content (AvgIpc) is 3.29. The van der Waals surface area contributed by atoms with Gasteiger partial charge in [-0.05, 0) is 35.9 Å². The SMILES string of the molecule is CCC(=O)c1cc(OC2[C@H]3CN(C(=O)OCc4ccccc4)C[C@@H]23)nc(-c2ccc(F)cc2)c1. The fourth-order valence-corrected chi connectivity index (χ4v) is 4.45. The van der Waals surface area contributed by atoms with E-state index in [1.807, 2.05) is 30.3 Å². The molecule has 0 radical (unpaired) electrons. The van der Waals surface area contributed by atoms with Crippen molar-refractivity contribution >= 4 is 11.9 Å². The van der Waals surface area contributed by atoms with Crippen LogP contribution in [0.25, 0.3) is 11.3 Å². The summed E-state index contributed by atoms with van der Waals surface area (Å²) in [6, 6.07) is 19.0. The summed E-state index contributed by atoms with van der Waals surface area (Å²) in [4.78, 5) is 31.1. The fraction of sp³-hybridized carbons (Fsp3) is 0.296. The zero-order chi connectivity index (χ0) is 23.7. The third kappa shape index (κ3) is 4.64. The van der Waals surface area contributed by atoms with E-state index in [0.29, 0.717) is 42.2 Å². The lowest BCUT2D eigenvalue weighted by molar-refractivity contribution is 0.0941. The summed E-state index contributed by atoms with van der Waals surface area (Å²) >= 11 is 0. The molecule has 34 heavy (non-hydrogen) atoms. The van der Waals surface area contributed by atoms with Crippen molar-refractivity contribution in [3.63, 3.8) is 0 Å². The van der Waals surface area contributed by atoms with Gasteiger partial charge in [-0.15, -0.1) is 0 Å². The highest BCUT2D eigenvalue weighted by molar-refractivity contribution is 5.97.